The summed E-state index contributed by atoms with van der Waals surface area (Å²) >= 11 is 0. The zero-order valence-electron chi connectivity index (χ0n) is 17.8. The number of aliphatic hydroxyl groups excluding tert-OH is 1. The highest BCUT2D eigenvalue weighted by Crippen LogP contribution is 2.31. The molecule has 0 spiro atoms. The third kappa shape index (κ3) is 4.71. The van der Waals surface area contributed by atoms with E-state index in [4.69, 9.17) is 14.3 Å². The normalized spacial score (nSPS) is 17.9. The van der Waals surface area contributed by atoms with E-state index in [0.29, 0.717) is 5.56 Å². The SMILES string of the molecule is CC(C)(C)[SiH2]OC(C)(C)c1cnn(-c2c(F)cc(N3C[C@H](CO)OC3=O)cc2F)c1. The summed E-state index contributed by atoms with van der Waals surface area (Å²) in [5.41, 5.74) is -0.262. The zero-order valence-corrected chi connectivity index (χ0v) is 19.2. The number of aliphatic hydroxyl groups is 1. The van der Waals surface area contributed by atoms with Crippen molar-refractivity contribution in [2.45, 2.75) is 51.4 Å². The van der Waals surface area contributed by atoms with Crippen molar-refractivity contribution >= 4 is 21.5 Å². The van der Waals surface area contributed by atoms with Gasteiger partial charge in [0.05, 0.1) is 30.6 Å². The van der Waals surface area contributed by atoms with Crippen LogP contribution in [0.3, 0.4) is 0 Å². The highest BCUT2D eigenvalue weighted by atomic mass is 28.2. The van der Waals surface area contributed by atoms with Crippen LogP contribution < -0.4 is 4.90 Å². The van der Waals surface area contributed by atoms with Crippen molar-refractivity contribution in [1.29, 1.82) is 0 Å². The fourth-order valence-electron chi connectivity index (χ4n) is 2.99. The Hall–Kier alpha value is -2.30. The maximum atomic E-state index is 14.8. The number of hydrogen-bond donors (Lipinski definition) is 1. The molecule has 1 N–H and O–H groups in total. The minimum Gasteiger partial charge on any atom is -0.441 e. The highest BCUT2D eigenvalue weighted by Gasteiger charge is 2.33. The Morgan fingerprint density at radius 3 is 2.43 bits per heavy atom. The lowest BCUT2D eigenvalue weighted by Gasteiger charge is -2.29. The van der Waals surface area contributed by atoms with Crippen molar-refractivity contribution in [3.05, 3.63) is 41.7 Å². The molecule has 30 heavy (non-hydrogen) atoms. The lowest BCUT2D eigenvalue weighted by atomic mass is 10.0. The molecule has 2 aromatic rings. The monoisotopic (exact) mass is 439 g/mol. The first kappa shape index (κ1) is 22.4. The largest absolute Gasteiger partial charge is 0.441 e. The molecule has 164 valence electrons. The maximum absolute atomic E-state index is 14.8. The Bertz CT molecular complexity index is 919. The molecule has 1 amide bonds. The first-order chi connectivity index (χ1) is 13.9. The van der Waals surface area contributed by atoms with E-state index in [9.17, 15) is 13.6 Å². The van der Waals surface area contributed by atoms with Gasteiger partial charge in [0, 0.05) is 23.9 Å². The van der Waals surface area contributed by atoms with Gasteiger partial charge in [-0.1, -0.05) is 20.8 Å². The lowest BCUT2D eigenvalue weighted by Crippen LogP contribution is -2.27. The third-order valence-corrected chi connectivity index (χ3v) is 6.50. The van der Waals surface area contributed by atoms with Crippen LogP contribution in [-0.2, 0) is 14.8 Å². The van der Waals surface area contributed by atoms with Gasteiger partial charge in [-0.2, -0.15) is 5.10 Å². The number of nitrogens with zero attached hydrogens (tertiary/aromatic N) is 3. The quantitative estimate of drug-likeness (QED) is 0.701. The number of ether oxygens (including phenoxy) is 1. The predicted octanol–water partition coefficient (Wildman–Crippen LogP) is 3.02. The molecule has 7 nitrogen and oxygen atoms in total. The molecule has 1 aromatic heterocycles. The lowest BCUT2D eigenvalue weighted by molar-refractivity contribution is 0.0963. The second-order valence-corrected chi connectivity index (χ2v) is 11.8. The molecule has 1 aromatic carbocycles. The van der Waals surface area contributed by atoms with E-state index in [1.54, 1.807) is 6.20 Å². The number of carbonyl (C=O) groups is 1. The van der Waals surface area contributed by atoms with E-state index >= 15 is 0 Å². The van der Waals surface area contributed by atoms with E-state index in [0.717, 1.165) is 21.7 Å². The summed E-state index contributed by atoms with van der Waals surface area (Å²) in [6.45, 7) is 9.80. The first-order valence-electron chi connectivity index (χ1n) is 9.69. The Morgan fingerprint density at radius 2 is 1.90 bits per heavy atom. The van der Waals surface area contributed by atoms with Crippen LogP contribution >= 0.6 is 0 Å². The van der Waals surface area contributed by atoms with Gasteiger partial charge in [0.25, 0.3) is 0 Å². The van der Waals surface area contributed by atoms with Crippen molar-refractivity contribution < 1.29 is 27.8 Å². The van der Waals surface area contributed by atoms with E-state index in [2.05, 4.69) is 25.9 Å². The number of aromatic nitrogens is 2. The van der Waals surface area contributed by atoms with Crippen molar-refractivity contribution in [2.24, 2.45) is 0 Å². The molecule has 10 heteroatoms. The number of amides is 1. The second kappa shape index (κ2) is 8.08. The number of benzene rings is 1. The fourth-order valence-corrected chi connectivity index (χ4v) is 3.95. The Labute approximate surface area is 176 Å². The van der Waals surface area contributed by atoms with Crippen LogP contribution in [0.4, 0.5) is 19.3 Å². The van der Waals surface area contributed by atoms with Gasteiger partial charge >= 0.3 is 6.09 Å². The maximum Gasteiger partial charge on any atom is 0.414 e. The number of halogens is 2. The molecule has 1 saturated heterocycles. The number of anilines is 1. The Balaban J connectivity index is 1.86. The molecule has 0 bridgehead atoms. The standard InChI is InChI=1S/C20H27F2N3O4Si/c1-19(2,3)30-29-20(4,5)12-8-23-25(9-12)17-15(21)6-13(7-16(17)22)24-10-14(11-26)28-18(24)27/h6-9,14,26H,10-11,30H2,1-5H3/t14-/m1/s1. The molecule has 1 aliphatic heterocycles. The molecule has 0 saturated carbocycles. The first-order valence-corrected chi connectivity index (χ1v) is 11.0. The third-order valence-electron chi connectivity index (χ3n) is 4.76. The van der Waals surface area contributed by atoms with Crippen LogP contribution in [-0.4, -0.2) is 50.0 Å². The summed E-state index contributed by atoms with van der Waals surface area (Å²) in [5, 5.41) is 13.4. The molecule has 1 fully saturated rings. The molecule has 0 unspecified atom stereocenters. The molecular formula is C20H27F2N3O4Si. The van der Waals surface area contributed by atoms with Crippen LogP contribution in [0.5, 0.6) is 0 Å². The summed E-state index contributed by atoms with van der Waals surface area (Å²) in [7, 11) is -0.846. The zero-order chi connectivity index (χ0) is 22.3. The van der Waals surface area contributed by atoms with Gasteiger partial charge in [-0.25, -0.2) is 18.3 Å². The van der Waals surface area contributed by atoms with Crippen molar-refractivity contribution in [3.8, 4) is 5.69 Å². The van der Waals surface area contributed by atoms with Crippen LogP contribution in [0, 0.1) is 11.6 Å². The van der Waals surface area contributed by atoms with E-state index in [1.807, 2.05) is 13.8 Å². The van der Waals surface area contributed by atoms with Gasteiger partial charge in [-0.15, -0.1) is 0 Å². The average Bonchev–Trinajstić information content (AvgIpc) is 3.26. The number of rotatable bonds is 6. The topological polar surface area (TPSA) is 76.8 Å². The molecular weight excluding hydrogens is 412 g/mol. The molecule has 2 heterocycles. The number of carbonyl (C=O) groups excluding carboxylic acids is 1. The summed E-state index contributed by atoms with van der Waals surface area (Å²) in [6, 6.07) is 2.10. The van der Waals surface area contributed by atoms with Gasteiger partial charge in [0.15, 0.2) is 21.4 Å². The average molecular weight is 440 g/mol. The van der Waals surface area contributed by atoms with Gasteiger partial charge < -0.3 is 14.3 Å². The van der Waals surface area contributed by atoms with Crippen LogP contribution in [0.1, 0.15) is 40.2 Å². The summed E-state index contributed by atoms with van der Waals surface area (Å²) < 4.78 is 41.8. The molecule has 1 atom stereocenters. The minimum atomic E-state index is -0.873. The van der Waals surface area contributed by atoms with Gasteiger partial charge in [0.2, 0.25) is 0 Å². The minimum absolute atomic E-state index is 0.0157. The van der Waals surface area contributed by atoms with Crippen LogP contribution in [0.2, 0.25) is 5.04 Å². The Kier molecular flexibility index (Phi) is 6.03. The molecule has 3 rings (SSSR count). The summed E-state index contributed by atoms with van der Waals surface area (Å²) in [6.07, 6.45) is 1.59. The summed E-state index contributed by atoms with van der Waals surface area (Å²) in [4.78, 5) is 13.0. The van der Waals surface area contributed by atoms with Crippen LogP contribution in [0.15, 0.2) is 24.5 Å². The smallest absolute Gasteiger partial charge is 0.414 e. The van der Waals surface area contributed by atoms with E-state index in [1.165, 1.54) is 6.20 Å². The van der Waals surface area contributed by atoms with E-state index < -0.39 is 39.2 Å². The number of cyclic esters (lactones) is 1. The highest BCUT2D eigenvalue weighted by molar-refractivity contribution is 6.31. The fraction of sp³-hybridized carbons (Fsp3) is 0.500. The van der Waals surface area contributed by atoms with Gasteiger partial charge in [-0.3, -0.25) is 4.90 Å². The number of hydrogen-bond acceptors (Lipinski definition) is 5. The molecule has 0 radical (unpaired) electrons. The molecule has 1 aliphatic rings. The van der Waals surface area contributed by atoms with Crippen molar-refractivity contribution in [2.75, 3.05) is 18.1 Å². The van der Waals surface area contributed by atoms with Gasteiger partial charge in [0.1, 0.15) is 11.8 Å². The Morgan fingerprint density at radius 1 is 1.27 bits per heavy atom. The predicted molar refractivity (Wildman–Crippen MR) is 111 cm³/mol. The van der Waals surface area contributed by atoms with Crippen molar-refractivity contribution in [1.82, 2.24) is 9.78 Å². The molecule has 0 aliphatic carbocycles. The van der Waals surface area contributed by atoms with Crippen molar-refractivity contribution in [3.63, 3.8) is 0 Å². The van der Waals surface area contributed by atoms with Crippen LogP contribution in [0.25, 0.3) is 5.69 Å². The van der Waals surface area contributed by atoms with Gasteiger partial charge in [-0.05, 0) is 18.9 Å². The second-order valence-electron chi connectivity index (χ2n) is 9.09. The summed E-state index contributed by atoms with van der Waals surface area (Å²) in [5.74, 6) is -1.75. The van der Waals surface area contributed by atoms with E-state index in [-0.39, 0.29) is 29.6 Å².